The maximum atomic E-state index is 11.8. The summed E-state index contributed by atoms with van der Waals surface area (Å²) < 4.78 is 0. The fourth-order valence-corrected chi connectivity index (χ4v) is 1.80. The minimum Gasteiger partial charge on any atom is -0.387 e. The van der Waals surface area contributed by atoms with Crippen molar-refractivity contribution in [2.75, 3.05) is 26.7 Å². The zero-order chi connectivity index (χ0) is 12.5. The molecule has 0 aromatic heterocycles. The Bertz CT molecular complexity index is 258. The molecule has 1 rings (SSSR count). The predicted molar refractivity (Wildman–Crippen MR) is 64.1 cm³/mol. The Labute approximate surface area is 98.2 Å². The van der Waals surface area contributed by atoms with Crippen molar-refractivity contribution < 1.29 is 9.90 Å². The summed E-state index contributed by atoms with van der Waals surface area (Å²) in [5.74, 6) is 0.377. The Morgan fingerprint density at radius 1 is 1.38 bits per heavy atom. The van der Waals surface area contributed by atoms with E-state index in [0.29, 0.717) is 19.6 Å². The number of β-amino-alcohol motifs (C(OH)–C–C–N with tert-alkyl or cyclic N) is 1. The van der Waals surface area contributed by atoms with E-state index in [0.717, 1.165) is 0 Å². The largest absolute Gasteiger partial charge is 0.387 e. The Hall–Kier alpha value is -0.610. The molecule has 1 aliphatic heterocycles. The van der Waals surface area contributed by atoms with Gasteiger partial charge in [-0.3, -0.25) is 9.69 Å². The lowest BCUT2D eigenvalue weighted by atomic mass is 9.83. The highest BCUT2D eigenvalue weighted by Gasteiger charge is 2.44. The van der Waals surface area contributed by atoms with E-state index in [1.807, 2.05) is 39.6 Å². The Kier molecular flexibility index (Phi) is 3.97. The highest BCUT2D eigenvalue weighted by molar-refractivity contribution is 5.78. The molecule has 0 aliphatic carbocycles. The summed E-state index contributed by atoms with van der Waals surface area (Å²) in [4.78, 5) is 15.5. The maximum absolute atomic E-state index is 11.8. The number of hydrogen-bond donors (Lipinski definition) is 1. The third-order valence-corrected chi connectivity index (χ3v) is 3.60. The van der Waals surface area contributed by atoms with E-state index in [9.17, 15) is 9.90 Å². The third kappa shape index (κ3) is 2.74. The fourth-order valence-electron chi connectivity index (χ4n) is 1.80. The summed E-state index contributed by atoms with van der Waals surface area (Å²) in [6.07, 6.45) is 0. The van der Waals surface area contributed by atoms with Crippen molar-refractivity contribution in [3.63, 3.8) is 0 Å². The molecular weight excluding hydrogens is 204 g/mol. The first-order valence-electron chi connectivity index (χ1n) is 5.96. The molecule has 1 aliphatic rings. The number of nitrogens with zero attached hydrogens (tertiary/aromatic N) is 2. The normalized spacial score (nSPS) is 20.0. The Balaban J connectivity index is 2.35. The third-order valence-electron chi connectivity index (χ3n) is 3.60. The molecule has 0 spiro atoms. The van der Waals surface area contributed by atoms with Crippen LogP contribution >= 0.6 is 0 Å². The van der Waals surface area contributed by atoms with Crippen LogP contribution in [0.15, 0.2) is 0 Å². The first-order chi connectivity index (χ1) is 7.26. The summed E-state index contributed by atoms with van der Waals surface area (Å²) in [5, 5.41) is 10.1. The summed E-state index contributed by atoms with van der Waals surface area (Å²) in [7, 11) is 1.82. The molecule has 0 aromatic rings. The second kappa shape index (κ2) is 4.72. The molecule has 4 heteroatoms. The van der Waals surface area contributed by atoms with Crippen LogP contribution < -0.4 is 0 Å². The van der Waals surface area contributed by atoms with E-state index in [-0.39, 0.29) is 17.9 Å². The van der Waals surface area contributed by atoms with Gasteiger partial charge in [0.2, 0.25) is 5.91 Å². The lowest BCUT2D eigenvalue weighted by molar-refractivity contribution is -0.149. The van der Waals surface area contributed by atoms with Gasteiger partial charge in [0.15, 0.2) is 0 Å². The van der Waals surface area contributed by atoms with Crippen LogP contribution in [0.25, 0.3) is 0 Å². The van der Waals surface area contributed by atoms with Gasteiger partial charge >= 0.3 is 0 Å². The van der Waals surface area contributed by atoms with E-state index >= 15 is 0 Å². The molecule has 16 heavy (non-hydrogen) atoms. The molecular formula is C12H24N2O2. The van der Waals surface area contributed by atoms with Crippen molar-refractivity contribution in [2.24, 2.45) is 5.92 Å². The molecule has 1 amide bonds. The number of likely N-dealkylation sites (N-methyl/N-ethyl adjacent to an activating group) is 1. The van der Waals surface area contributed by atoms with Crippen molar-refractivity contribution in [3.8, 4) is 0 Å². The van der Waals surface area contributed by atoms with Gasteiger partial charge in [-0.15, -0.1) is 0 Å². The fraction of sp³-hybridized carbons (Fsp3) is 0.917. The number of carbonyl (C=O) groups excluding carboxylic acids is 1. The van der Waals surface area contributed by atoms with Gasteiger partial charge < -0.3 is 10.0 Å². The van der Waals surface area contributed by atoms with E-state index in [2.05, 4.69) is 0 Å². The molecule has 94 valence electrons. The van der Waals surface area contributed by atoms with Gasteiger partial charge in [-0.1, -0.05) is 13.8 Å². The standard InChI is InChI=1S/C12H24N2O2/c1-9(2)12(16)7-14(8-12)6-11(15)13(5)10(3)4/h9-10,16H,6-8H2,1-5H3. The van der Waals surface area contributed by atoms with Crippen LogP contribution in [0, 0.1) is 5.92 Å². The number of amides is 1. The van der Waals surface area contributed by atoms with Crippen molar-refractivity contribution in [1.29, 1.82) is 0 Å². The molecule has 0 atom stereocenters. The molecule has 1 heterocycles. The average molecular weight is 228 g/mol. The second-order valence-electron chi connectivity index (χ2n) is 5.50. The van der Waals surface area contributed by atoms with Crippen LogP contribution in [0.5, 0.6) is 0 Å². The first kappa shape index (κ1) is 13.5. The van der Waals surface area contributed by atoms with E-state index in [4.69, 9.17) is 0 Å². The highest BCUT2D eigenvalue weighted by Crippen LogP contribution is 2.28. The molecule has 0 unspecified atom stereocenters. The maximum Gasteiger partial charge on any atom is 0.236 e. The lowest BCUT2D eigenvalue weighted by Gasteiger charge is -2.49. The molecule has 4 nitrogen and oxygen atoms in total. The lowest BCUT2D eigenvalue weighted by Crippen LogP contribution is -2.65. The van der Waals surface area contributed by atoms with E-state index < -0.39 is 5.60 Å². The zero-order valence-corrected chi connectivity index (χ0v) is 11.0. The van der Waals surface area contributed by atoms with Gasteiger partial charge in [0.1, 0.15) is 0 Å². The Morgan fingerprint density at radius 2 is 1.88 bits per heavy atom. The Morgan fingerprint density at radius 3 is 2.25 bits per heavy atom. The molecule has 0 radical (unpaired) electrons. The monoisotopic (exact) mass is 228 g/mol. The quantitative estimate of drug-likeness (QED) is 0.764. The van der Waals surface area contributed by atoms with Crippen LogP contribution in [0.1, 0.15) is 27.7 Å². The average Bonchev–Trinajstić information content (AvgIpc) is 2.13. The summed E-state index contributed by atoms with van der Waals surface area (Å²) in [6.45, 7) is 9.67. The van der Waals surface area contributed by atoms with Gasteiger partial charge in [-0.05, 0) is 19.8 Å². The highest BCUT2D eigenvalue weighted by atomic mass is 16.3. The van der Waals surface area contributed by atoms with Crippen molar-refractivity contribution >= 4 is 5.91 Å². The summed E-state index contributed by atoms with van der Waals surface area (Å²) in [5.41, 5.74) is -0.587. The van der Waals surface area contributed by atoms with Crippen molar-refractivity contribution in [1.82, 2.24) is 9.80 Å². The topological polar surface area (TPSA) is 43.8 Å². The van der Waals surface area contributed by atoms with Gasteiger partial charge in [-0.2, -0.15) is 0 Å². The van der Waals surface area contributed by atoms with Gasteiger partial charge in [-0.25, -0.2) is 0 Å². The summed E-state index contributed by atoms with van der Waals surface area (Å²) >= 11 is 0. The molecule has 1 N–H and O–H groups in total. The first-order valence-corrected chi connectivity index (χ1v) is 5.96. The number of hydrogen-bond acceptors (Lipinski definition) is 3. The van der Waals surface area contributed by atoms with Crippen LogP contribution in [0.4, 0.5) is 0 Å². The molecule has 0 saturated carbocycles. The minimum absolute atomic E-state index is 0.126. The SMILES string of the molecule is CC(C)N(C)C(=O)CN1CC(O)(C(C)C)C1. The van der Waals surface area contributed by atoms with Crippen LogP contribution in [-0.4, -0.2) is 59.1 Å². The van der Waals surface area contributed by atoms with Crippen molar-refractivity contribution in [3.05, 3.63) is 0 Å². The van der Waals surface area contributed by atoms with E-state index in [1.54, 1.807) is 4.90 Å². The van der Waals surface area contributed by atoms with Crippen LogP contribution in [0.2, 0.25) is 0 Å². The van der Waals surface area contributed by atoms with Gasteiger partial charge in [0.05, 0.1) is 12.1 Å². The summed E-state index contributed by atoms with van der Waals surface area (Å²) in [6, 6.07) is 0.234. The smallest absolute Gasteiger partial charge is 0.236 e. The predicted octanol–water partition coefficient (Wildman–Crippen LogP) is 0.556. The van der Waals surface area contributed by atoms with E-state index in [1.165, 1.54) is 0 Å². The zero-order valence-electron chi connectivity index (χ0n) is 11.0. The van der Waals surface area contributed by atoms with Gasteiger partial charge in [0, 0.05) is 26.2 Å². The molecule has 0 bridgehead atoms. The van der Waals surface area contributed by atoms with Crippen molar-refractivity contribution in [2.45, 2.75) is 39.3 Å². The number of likely N-dealkylation sites (tertiary alicyclic amines) is 1. The molecule has 1 saturated heterocycles. The molecule has 1 fully saturated rings. The van der Waals surface area contributed by atoms with Gasteiger partial charge in [0.25, 0.3) is 0 Å². The molecule has 0 aromatic carbocycles. The number of carbonyl (C=O) groups is 1. The number of aliphatic hydroxyl groups is 1. The second-order valence-corrected chi connectivity index (χ2v) is 5.50. The number of rotatable bonds is 4. The van der Waals surface area contributed by atoms with Crippen LogP contribution in [-0.2, 0) is 4.79 Å². The minimum atomic E-state index is -0.587. The van der Waals surface area contributed by atoms with Crippen LogP contribution in [0.3, 0.4) is 0 Å².